The zero-order valence-corrected chi connectivity index (χ0v) is 11.7. The van der Waals surface area contributed by atoms with E-state index in [0.29, 0.717) is 12.5 Å². The Labute approximate surface area is 109 Å². The standard InChI is InChI=1S/C14H21NOS/c1-10(2)12-5-4-11(3)13(8-12)6-7-15-14(16)9-17/h4-5,8,10,17H,6-7,9H2,1-3H3,(H,15,16). The van der Waals surface area contributed by atoms with E-state index in [0.717, 1.165) is 6.42 Å². The molecule has 17 heavy (non-hydrogen) atoms. The number of carbonyl (C=O) groups excluding carboxylic acids is 1. The summed E-state index contributed by atoms with van der Waals surface area (Å²) in [5.74, 6) is 0.790. The van der Waals surface area contributed by atoms with Crippen LogP contribution in [-0.4, -0.2) is 18.2 Å². The SMILES string of the molecule is Cc1ccc(C(C)C)cc1CCNC(=O)CS. The van der Waals surface area contributed by atoms with Gasteiger partial charge in [-0.2, -0.15) is 12.6 Å². The number of hydrogen-bond acceptors (Lipinski definition) is 2. The van der Waals surface area contributed by atoms with Crippen LogP contribution >= 0.6 is 12.6 Å². The lowest BCUT2D eigenvalue weighted by Crippen LogP contribution is -2.26. The summed E-state index contributed by atoms with van der Waals surface area (Å²) in [4.78, 5) is 11.1. The van der Waals surface area contributed by atoms with Gasteiger partial charge in [-0.3, -0.25) is 4.79 Å². The van der Waals surface area contributed by atoms with Crippen molar-refractivity contribution in [3.05, 3.63) is 34.9 Å². The normalized spacial score (nSPS) is 10.6. The molecule has 1 aromatic carbocycles. The Morgan fingerprint density at radius 1 is 1.41 bits per heavy atom. The Morgan fingerprint density at radius 2 is 2.12 bits per heavy atom. The van der Waals surface area contributed by atoms with Crippen LogP contribution in [0.2, 0.25) is 0 Å². The van der Waals surface area contributed by atoms with Crippen molar-refractivity contribution in [3.63, 3.8) is 0 Å². The van der Waals surface area contributed by atoms with Gasteiger partial charge < -0.3 is 5.32 Å². The van der Waals surface area contributed by atoms with E-state index in [9.17, 15) is 4.79 Å². The van der Waals surface area contributed by atoms with Crippen LogP contribution in [0.15, 0.2) is 18.2 Å². The number of benzene rings is 1. The quantitative estimate of drug-likeness (QED) is 0.774. The van der Waals surface area contributed by atoms with Gasteiger partial charge in [-0.15, -0.1) is 0 Å². The summed E-state index contributed by atoms with van der Waals surface area (Å²) in [5, 5.41) is 2.84. The van der Waals surface area contributed by atoms with E-state index < -0.39 is 0 Å². The molecule has 94 valence electrons. The van der Waals surface area contributed by atoms with Gasteiger partial charge in [0.05, 0.1) is 5.75 Å². The topological polar surface area (TPSA) is 29.1 Å². The van der Waals surface area contributed by atoms with Crippen molar-refractivity contribution in [2.45, 2.75) is 33.1 Å². The third kappa shape index (κ3) is 4.43. The van der Waals surface area contributed by atoms with Crippen LogP contribution in [0.3, 0.4) is 0 Å². The summed E-state index contributed by atoms with van der Waals surface area (Å²) in [6.07, 6.45) is 0.881. The second kappa shape index (κ2) is 6.70. The molecule has 0 heterocycles. The molecule has 1 rings (SSSR count). The van der Waals surface area contributed by atoms with E-state index in [2.05, 4.69) is 56.9 Å². The zero-order chi connectivity index (χ0) is 12.8. The molecule has 0 saturated heterocycles. The largest absolute Gasteiger partial charge is 0.355 e. The molecule has 1 N–H and O–H groups in total. The van der Waals surface area contributed by atoms with Crippen molar-refractivity contribution < 1.29 is 4.79 Å². The Hall–Kier alpha value is -0.960. The summed E-state index contributed by atoms with van der Waals surface area (Å²) in [5.41, 5.74) is 3.95. The molecule has 0 unspecified atom stereocenters. The highest BCUT2D eigenvalue weighted by atomic mass is 32.1. The lowest BCUT2D eigenvalue weighted by molar-refractivity contribution is -0.118. The van der Waals surface area contributed by atoms with Crippen molar-refractivity contribution >= 4 is 18.5 Å². The molecular formula is C14H21NOS. The highest BCUT2D eigenvalue weighted by molar-refractivity contribution is 7.81. The Bertz CT molecular complexity index is 388. The number of carbonyl (C=O) groups is 1. The molecule has 1 amide bonds. The highest BCUT2D eigenvalue weighted by Crippen LogP contribution is 2.18. The summed E-state index contributed by atoms with van der Waals surface area (Å²) in [6.45, 7) is 7.18. The number of thiol groups is 1. The average Bonchev–Trinajstić information content (AvgIpc) is 2.30. The van der Waals surface area contributed by atoms with Crippen LogP contribution in [0.4, 0.5) is 0 Å². The fraction of sp³-hybridized carbons (Fsp3) is 0.500. The molecule has 1 aromatic rings. The minimum absolute atomic E-state index is 0.00833. The van der Waals surface area contributed by atoms with E-state index in [1.165, 1.54) is 16.7 Å². The van der Waals surface area contributed by atoms with E-state index in [-0.39, 0.29) is 11.7 Å². The first-order valence-electron chi connectivity index (χ1n) is 6.01. The van der Waals surface area contributed by atoms with Crippen molar-refractivity contribution in [1.82, 2.24) is 5.32 Å². The van der Waals surface area contributed by atoms with Gasteiger partial charge in [-0.25, -0.2) is 0 Å². The molecular weight excluding hydrogens is 230 g/mol. The third-order valence-corrected chi connectivity index (χ3v) is 3.19. The lowest BCUT2D eigenvalue weighted by atomic mass is 9.96. The Morgan fingerprint density at radius 3 is 2.71 bits per heavy atom. The number of rotatable bonds is 5. The minimum atomic E-state index is -0.00833. The molecule has 0 aliphatic heterocycles. The number of amides is 1. The van der Waals surface area contributed by atoms with Crippen LogP contribution in [0.5, 0.6) is 0 Å². The number of aryl methyl sites for hydroxylation is 1. The first-order valence-corrected chi connectivity index (χ1v) is 6.64. The van der Waals surface area contributed by atoms with Crippen molar-refractivity contribution in [1.29, 1.82) is 0 Å². The van der Waals surface area contributed by atoms with Gasteiger partial charge >= 0.3 is 0 Å². The average molecular weight is 251 g/mol. The smallest absolute Gasteiger partial charge is 0.229 e. The third-order valence-electron chi connectivity index (χ3n) is 2.90. The van der Waals surface area contributed by atoms with Crippen LogP contribution in [0.1, 0.15) is 36.5 Å². The molecule has 0 aliphatic rings. The van der Waals surface area contributed by atoms with Crippen molar-refractivity contribution in [3.8, 4) is 0 Å². The van der Waals surface area contributed by atoms with Crippen LogP contribution < -0.4 is 5.32 Å². The second-order valence-corrected chi connectivity index (χ2v) is 4.91. The number of nitrogens with one attached hydrogen (secondary N) is 1. The molecule has 0 atom stereocenters. The maximum Gasteiger partial charge on any atom is 0.229 e. The lowest BCUT2D eigenvalue weighted by Gasteiger charge is -2.11. The van der Waals surface area contributed by atoms with E-state index >= 15 is 0 Å². The molecule has 0 aromatic heterocycles. The van der Waals surface area contributed by atoms with Crippen molar-refractivity contribution in [2.24, 2.45) is 0 Å². The van der Waals surface area contributed by atoms with Gasteiger partial charge in [0.25, 0.3) is 0 Å². The van der Waals surface area contributed by atoms with E-state index in [4.69, 9.17) is 0 Å². The molecule has 2 nitrogen and oxygen atoms in total. The minimum Gasteiger partial charge on any atom is -0.355 e. The van der Waals surface area contributed by atoms with Gasteiger partial charge in [-0.05, 0) is 36.0 Å². The van der Waals surface area contributed by atoms with Gasteiger partial charge in [0.2, 0.25) is 5.91 Å². The predicted octanol–water partition coefficient (Wildman–Crippen LogP) is 2.71. The monoisotopic (exact) mass is 251 g/mol. The maximum atomic E-state index is 11.1. The predicted molar refractivity (Wildman–Crippen MR) is 75.8 cm³/mol. The van der Waals surface area contributed by atoms with Gasteiger partial charge in [-0.1, -0.05) is 32.0 Å². The zero-order valence-electron chi connectivity index (χ0n) is 10.8. The molecule has 0 bridgehead atoms. The van der Waals surface area contributed by atoms with E-state index in [1.54, 1.807) is 0 Å². The Kier molecular flexibility index (Phi) is 5.56. The molecule has 0 aliphatic carbocycles. The molecule has 0 fully saturated rings. The van der Waals surface area contributed by atoms with Crippen LogP contribution in [0, 0.1) is 6.92 Å². The first kappa shape index (κ1) is 14.1. The molecule has 3 heteroatoms. The van der Waals surface area contributed by atoms with Crippen molar-refractivity contribution in [2.75, 3.05) is 12.3 Å². The molecule has 0 saturated carbocycles. The summed E-state index contributed by atoms with van der Waals surface area (Å²) < 4.78 is 0. The van der Waals surface area contributed by atoms with Gasteiger partial charge in [0, 0.05) is 6.54 Å². The fourth-order valence-corrected chi connectivity index (χ4v) is 1.82. The van der Waals surface area contributed by atoms with Crippen LogP contribution in [-0.2, 0) is 11.2 Å². The summed E-state index contributed by atoms with van der Waals surface area (Å²) in [7, 11) is 0. The van der Waals surface area contributed by atoms with Crippen LogP contribution in [0.25, 0.3) is 0 Å². The number of hydrogen-bond donors (Lipinski definition) is 2. The maximum absolute atomic E-state index is 11.1. The van der Waals surface area contributed by atoms with Gasteiger partial charge in [0.1, 0.15) is 0 Å². The first-order chi connectivity index (χ1) is 8.04. The Balaban J connectivity index is 2.63. The van der Waals surface area contributed by atoms with Gasteiger partial charge in [0.15, 0.2) is 0 Å². The fourth-order valence-electron chi connectivity index (χ4n) is 1.71. The summed E-state index contributed by atoms with van der Waals surface area (Å²) >= 11 is 3.93. The summed E-state index contributed by atoms with van der Waals surface area (Å²) in [6, 6.07) is 6.58. The molecule has 0 spiro atoms. The van der Waals surface area contributed by atoms with E-state index in [1.807, 2.05) is 0 Å². The molecule has 0 radical (unpaired) electrons. The second-order valence-electron chi connectivity index (χ2n) is 4.60. The highest BCUT2D eigenvalue weighted by Gasteiger charge is 2.04.